The summed E-state index contributed by atoms with van der Waals surface area (Å²) >= 11 is 0. The zero-order chi connectivity index (χ0) is 10.9. The third-order valence-electron chi connectivity index (χ3n) is 2.76. The average molecular weight is 199 g/mol. The fourth-order valence-corrected chi connectivity index (χ4v) is 2.22. The molecule has 82 valence electrons. The fourth-order valence-electron chi connectivity index (χ4n) is 2.22. The second-order valence-electron chi connectivity index (χ2n) is 5.01. The van der Waals surface area contributed by atoms with E-state index in [9.17, 15) is 4.79 Å². The zero-order valence-corrected chi connectivity index (χ0v) is 9.83. The van der Waals surface area contributed by atoms with Crippen LogP contribution in [0.4, 0.5) is 0 Å². The van der Waals surface area contributed by atoms with Crippen molar-refractivity contribution in [1.82, 2.24) is 4.90 Å². The van der Waals surface area contributed by atoms with Crippen molar-refractivity contribution >= 4 is 5.97 Å². The van der Waals surface area contributed by atoms with Crippen molar-refractivity contribution in [2.45, 2.75) is 58.7 Å². The van der Waals surface area contributed by atoms with Gasteiger partial charge < -0.3 is 4.74 Å². The van der Waals surface area contributed by atoms with Crippen LogP contribution in [0.15, 0.2) is 0 Å². The smallest absolute Gasteiger partial charge is 0.302 e. The number of hydrogen-bond donors (Lipinski definition) is 0. The number of hydrogen-bond acceptors (Lipinski definition) is 3. The molecule has 0 spiro atoms. The summed E-state index contributed by atoms with van der Waals surface area (Å²) in [6.07, 6.45) is 0.956. The first-order chi connectivity index (χ1) is 6.34. The maximum Gasteiger partial charge on any atom is 0.302 e. The quantitative estimate of drug-likeness (QED) is 0.513. The standard InChI is InChI=1S/C11H21NO2/c1-8-10(6-7-14-9(2)13)12(8)11(3,4)5/h8,10H,6-7H2,1-5H3. The van der Waals surface area contributed by atoms with E-state index in [1.54, 1.807) is 0 Å². The molecule has 0 bridgehead atoms. The molecule has 1 fully saturated rings. The van der Waals surface area contributed by atoms with E-state index in [1.165, 1.54) is 6.92 Å². The predicted octanol–water partition coefficient (Wildman–Crippen LogP) is 1.81. The first kappa shape index (κ1) is 11.5. The first-order valence-electron chi connectivity index (χ1n) is 5.26. The lowest BCUT2D eigenvalue weighted by atomic mass is 10.1. The number of esters is 1. The van der Waals surface area contributed by atoms with Crippen molar-refractivity contribution in [3.8, 4) is 0 Å². The van der Waals surface area contributed by atoms with Crippen molar-refractivity contribution in [3.05, 3.63) is 0 Å². The molecule has 0 aliphatic carbocycles. The van der Waals surface area contributed by atoms with Gasteiger partial charge in [-0.1, -0.05) is 0 Å². The Morgan fingerprint density at radius 3 is 2.36 bits per heavy atom. The van der Waals surface area contributed by atoms with Crippen LogP contribution in [0.3, 0.4) is 0 Å². The van der Waals surface area contributed by atoms with Crippen LogP contribution in [0.2, 0.25) is 0 Å². The molecule has 1 aliphatic heterocycles. The summed E-state index contributed by atoms with van der Waals surface area (Å²) in [5, 5.41) is 0. The fraction of sp³-hybridized carbons (Fsp3) is 0.909. The molecule has 14 heavy (non-hydrogen) atoms. The van der Waals surface area contributed by atoms with Crippen LogP contribution in [0, 0.1) is 0 Å². The van der Waals surface area contributed by atoms with Gasteiger partial charge in [0.1, 0.15) is 0 Å². The molecule has 1 heterocycles. The van der Waals surface area contributed by atoms with E-state index in [1.807, 2.05) is 0 Å². The number of carbonyl (C=O) groups is 1. The van der Waals surface area contributed by atoms with Gasteiger partial charge in [-0.25, -0.2) is 0 Å². The summed E-state index contributed by atoms with van der Waals surface area (Å²) in [7, 11) is 0. The molecule has 1 aliphatic rings. The maximum absolute atomic E-state index is 10.6. The molecule has 0 aromatic rings. The van der Waals surface area contributed by atoms with Gasteiger partial charge in [0.25, 0.3) is 0 Å². The minimum atomic E-state index is -0.180. The van der Waals surface area contributed by atoms with Crippen molar-refractivity contribution in [2.75, 3.05) is 6.61 Å². The van der Waals surface area contributed by atoms with Crippen LogP contribution in [0.1, 0.15) is 41.0 Å². The highest BCUT2D eigenvalue weighted by Gasteiger charge is 2.49. The zero-order valence-electron chi connectivity index (χ0n) is 9.83. The Balaban J connectivity index is 2.26. The Morgan fingerprint density at radius 1 is 1.43 bits per heavy atom. The molecule has 3 nitrogen and oxygen atoms in total. The molecule has 3 unspecified atom stereocenters. The van der Waals surface area contributed by atoms with Gasteiger partial charge in [-0.05, 0) is 34.1 Å². The van der Waals surface area contributed by atoms with Gasteiger partial charge in [-0.2, -0.15) is 0 Å². The number of carbonyl (C=O) groups excluding carboxylic acids is 1. The molecule has 0 saturated carbocycles. The van der Waals surface area contributed by atoms with E-state index in [0.29, 0.717) is 18.7 Å². The molecule has 1 rings (SSSR count). The van der Waals surface area contributed by atoms with Gasteiger partial charge in [0.05, 0.1) is 6.61 Å². The van der Waals surface area contributed by atoms with Crippen molar-refractivity contribution in [2.24, 2.45) is 0 Å². The van der Waals surface area contributed by atoms with Gasteiger partial charge in [0.2, 0.25) is 0 Å². The summed E-state index contributed by atoms with van der Waals surface area (Å²) < 4.78 is 4.94. The second-order valence-corrected chi connectivity index (χ2v) is 5.01. The maximum atomic E-state index is 10.6. The molecule has 1 saturated heterocycles. The van der Waals surface area contributed by atoms with Crippen LogP contribution in [-0.4, -0.2) is 35.1 Å². The largest absolute Gasteiger partial charge is 0.466 e. The topological polar surface area (TPSA) is 29.3 Å². The molecule has 0 N–H and O–H groups in total. The van der Waals surface area contributed by atoms with E-state index in [4.69, 9.17) is 4.74 Å². The lowest BCUT2D eigenvalue weighted by Gasteiger charge is -2.22. The van der Waals surface area contributed by atoms with E-state index >= 15 is 0 Å². The normalized spacial score (nSPS) is 31.4. The average Bonchev–Trinajstić information content (AvgIpc) is 2.59. The third-order valence-corrected chi connectivity index (χ3v) is 2.76. The highest BCUT2D eigenvalue weighted by molar-refractivity contribution is 5.65. The first-order valence-corrected chi connectivity index (χ1v) is 5.26. The van der Waals surface area contributed by atoms with Crippen molar-refractivity contribution < 1.29 is 9.53 Å². The van der Waals surface area contributed by atoms with Gasteiger partial charge in [0, 0.05) is 24.5 Å². The minimum absolute atomic E-state index is 0.180. The summed E-state index contributed by atoms with van der Waals surface area (Å²) in [6.45, 7) is 10.9. The summed E-state index contributed by atoms with van der Waals surface area (Å²) in [5.74, 6) is -0.180. The lowest BCUT2D eigenvalue weighted by molar-refractivity contribution is -0.141. The van der Waals surface area contributed by atoms with E-state index in [2.05, 4.69) is 32.6 Å². The van der Waals surface area contributed by atoms with Crippen LogP contribution in [0.5, 0.6) is 0 Å². The van der Waals surface area contributed by atoms with Gasteiger partial charge in [0.15, 0.2) is 0 Å². The van der Waals surface area contributed by atoms with Gasteiger partial charge in [-0.3, -0.25) is 9.69 Å². The summed E-state index contributed by atoms with van der Waals surface area (Å²) in [5.41, 5.74) is 0.236. The molecule has 0 aromatic carbocycles. The molecular formula is C11H21NO2. The SMILES string of the molecule is CC(=O)OCCC1C(C)N1C(C)(C)C. The molecule has 0 radical (unpaired) electrons. The van der Waals surface area contributed by atoms with Crippen molar-refractivity contribution in [3.63, 3.8) is 0 Å². The Labute approximate surface area is 86.4 Å². The van der Waals surface area contributed by atoms with Crippen molar-refractivity contribution in [1.29, 1.82) is 0 Å². The third kappa shape index (κ3) is 2.71. The number of rotatable bonds is 3. The van der Waals surface area contributed by atoms with Crippen LogP contribution in [0.25, 0.3) is 0 Å². The highest BCUT2D eigenvalue weighted by Crippen LogP contribution is 2.38. The molecule has 0 aromatic heterocycles. The Bertz CT molecular complexity index is 220. The minimum Gasteiger partial charge on any atom is -0.466 e. The Morgan fingerprint density at radius 2 is 2.00 bits per heavy atom. The van der Waals surface area contributed by atoms with Gasteiger partial charge in [-0.15, -0.1) is 0 Å². The monoisotopic (exact) mass is 199 g/mol. The van der Waals surface area contributed by atoms with Crippen LogP contribution >= 0.6 is 0 Å². The van der Waals surface area contributed by atoms with E-state index in [-0.39, 0.29) is 11.5 Å². The summed E-state index contributed by atoms with van der Waals surface area (Å²) in [6, 6.07) is 1.22. The Hall–Kier alpha value is -0.570. The van der Waals surface area contributed by atoms with E-state index < -0.39 is 0 Å². The molecule has 3 heteroatoms. The number of nitrogens with zero attached hydrogens (tertiary/aromatic N) is 1. The summed E-state index contributed by atoms with van der Waals surface area (Å²) in [4.78, 5) is 13.0. The van der Waals surface area contributed by atoms with E-state index in [0.717, 1.165) is 6.42 Å². The Kier molecular flexibility index (Phi) is 3.20. The molecular weight excluding hydrogens is 178 g/mol. The lowest BCUT2D eigenvalue weighted by Crippen LogP contribution is -2.28. The second kappa shape index (κ2) is 3.89. The highest BCUT2D eigenvalue weighted by atomic mass is 16.5. The number of ether oxygens (including phenoxy) is 1. The van der Waals surface area contributed by atoms with Crippen LogP contribution in [-0.2, 0) is 9.53 Å². The molecule has 0 amide bonds. The predicted molar refractivity (Wildman–Crippen MR) is 56.1 cm³/mol. The molecule has 3 atom stereocenters. The van der Waals surface area contributed by atoms with Gasteiger partial charge >= 0.3 is 5.97 Å². The van der Waals surface area contributed by atoms with Crippen LogP contribution < -0.4 is 0 Å².